The highest BCUT2D eigenvalue weighted by Gasteiger charge is 2.42. The summed E-state index contributed by atoms with van der Waals surface area (Å²) in [6.45, 7) is 2.56. The molecule has 0 aliphatic heterocycles. The van der Waals surface area contributed by atoms with E-state index in [0.717, 1.165) is 19.3 Å². The molecule has 1 fully saturated rings. The zero-order chi connectivity index (χ0) is 13.3. The summed E-state index contributed by atoms with van der Waals surface area (Å²) >= 11 is 0. The number of aliphatic hydroxyl groups excluding tert-OH is 1. The van der Waals surface area contributed by atoms with Gasteiger partial charge in [0.05, 0.1) is 5.69 Å². The minimum absolute atomic E-state index is 0.142. The molecule has 0 unspecified atom stereocenters. The summed E-state index contributed by atoms with van der Waals surface area (Å²) < 4.78 is 1.56. The van der Waals surface area contributed by atoms with Crippen LogP contribution in [-0.2, 0) is 7.05 Å². The van der Waals surface area contributed by atoms with Crippen LogP contribution in [0.25, 0.3) is 0 Å². The molecule has 0 atom stereocenters. The van der Waals surface area contributed by atoms with E-state index >= 15 is 0 Å². The molecule has 1 aliphatic rings. The molecule has 100 valence electrons. The van der Waals surface area contributed by atoms with E-state index in [0.29, 0.717) is 18.1 Å². The van der Waals surface area contributed by atoms with Gasteiger partial charge in [0.15, 0.2) is 0 Å². The minimum Gasteiger partial charge on any atom is -0.477 e. The van der Waals surface area contributed by atoms with E-state index in [1.165, 1.54) is 0 Å². The molecule has 1 aliphatic carbocycles. The number of nitrogens with zero attached hydrogens (tertiary/aromatic N) is 2. The molecule has 18 heavy (non-hydrogen) atoms. The van der Waals surface area contributed by atoms with Gasteiger partial charge in [-0.3, -0.25) is 4.68 Å². The number of aryl methyl sites for hydroxylation is 2. The van der Waals surface area contributed by atoms with Gasteiger partial charge in [0, 0.05) is 20.2 Å². The molecule has 6 heteroatoms. The number of aromatic nitrogens is 2. The van der Waals surface area contributed by atoms with Crippen molar-refractivity contribution < 1.29 is 15.0 Å². The van der Waals surface area contributed by atoms with Crippen molar-refractivity contribution in [2.75, 3.05) is 18.5 Å². The normalized spacial score (nSPS) is 16.6. The summed E-state index contributed by atoms with van der Waals surface area (Å²) in [5.74, 6) is -0.417. The van der Waals surface area contributed by atoms with Crippen LogP contribution in [0.2, 0.25) is 0 Å². The predicted molar refractivity (Wildman–Crippen MR) is 66.8 cm³/mol. The van der Waals surface area contributed by atoms with Crippen molar-refractivity contribution in [2.45, 2.75) is 26.2 Å². The second-order valence-electron chi connectivity index (χ2n) is 5.06. The number of aliphatic hydroxyl groups is 1. The van der Waals surface area contributed by atoms with Crippen LogP contribution >= 0.6 is 0 Å². The van der Waals surface area contributed by atoms with E-state index < -0.39 is 5.97 Å². The van der Waals surface area contributed by atoms with E-state index in [9.17, 15) is 9.90 Å². The maximum atomic E-state index is 11.2. The van der Waals surface area contributed by atoms with Crippen molar-refractivity contribution in [3.05, 3.63) is 11.3 Å². The number of hydrogen-bond acceptors (Lipinski definition) is 4. The molecule has 0 amide bonds. The fourth-order valence-corrected chi connectivity index (χ4v) is 2.32. The third-order valence-electron chi connectivity index (χ3n) is 3.67. The molecule has 1 heterocycles. The fourth-order valence-electron chi connectivity index (χ4n) is 2.32. The maximum absolute atomic E-state index is 11.2. The first-order valence-corrected chi connectivity index (χ1v) is 6.11. The van der Waals surface area contributed by atoms with Crippen molar-refractivity contribution in [1.82, 2.24) is 9.78 Å². The molecule has 2 rings (SSSR count). The number of aromatic carboxylic acids is 1. The third kappa shape index (κ3) is 2.33. The first kappa shape index (κ1) is 12.9. The Morgan fingerprint density at radius 3 is 2.72 bits per heavy atom. The molecular weight excluding hydrogens is 234 g/mol. The smallest absolute Gasteiger partial charge is 0.341 e. The van der Waals surface area contributed by atoms with Crippen molar-refractivity contribution >= 4 is 11.8 Å². The largest absolute Gasteiger partial charge is 0.477 e. The number of carboxylic acid groups (broad SMARTS) is 1. The number of carbonyl (C=O) groups is 1. The Balaban J connectivity index is 2.12. The van der Waals surface area contributed by atoms with Crippen LogP contribution in [0.4, 0.5) is 5.82 Å². The SMILES string of the molecule is Cc1nn(C)c(NCC2(CCO)CC2)c1C(=O)O. The van der Waals surface area contributed by atoms with Crippen molar-refractivity contribution in [3.63, 3.8) is 0 Å². The molecule has 0 spiro atoms. The Hall–Kier alpha value is -1.56. The lowest BCUT2D eigenvalue weighted by Gasteiger charge is -2.16. The summed E-state index contributed by atoms with van der Waals surface area (Å²) in [5.41, 5.74) is 0.889. The Bertz CT molecular complexity index is 463. The maximum Gasteiger partial charge on any atom is 0.341 e. The Morgan fingerprint density at radius 1 is 1.56 bits per heavy atom. The highest BCUT2D eigenvalue weighted by atomic mass is 16.4. The summed E-state index contributed by atoms with van der Waals surface area (Å²) in [7, 11) is 1.73. The molecule has 1 saturated carbocycles. The van der Waals surface area contributed by atoms with Gasteiger partial charge in [0.25, 0.3) is 0 Å². The van der Waals surface area contributed by atoms with Crippen molar-refractivity contribution in [3.8, 4) is 0 Å². The minimum atomic E-state index is -0.963. The fraction of sp³-hybridized carbons (Fsp3) is 0.667. The average molecular weight is 253 g/mol. The molecule has 1 aromatic heterocycles. The van der Waals surface area contributed by atoms with Crippen LogP contribution in [0.3, 0.4) is 0 Å². The van der Waals surface area contributed by atoms with Gasteiger partial charge < -0.3 is 15.5 Å². The Kier molecular flexibility index (Phi) is 3.30. The van der Waals surface area contributed by atoms with Crippen LogP contribution in [0.15, 0.2) is 0 Å². The van der Waals surface area contributed by atoms with Gasteiger partial charge in [-0.1, -0.05) is 0 Å². The van der Waals surface area contributed by atoms with Crippen LogP contribution in [0, 0.1) is 12.3 Å². The first-order chi connectivity index (χ1) is 8.49. The topological polar surface area (TPSA) is 87.4 Å². The van der Waals surface area contributed by atoms with Crippen molar-refractivity contribution in [2.24, 2.45) is 12.5 Å². The Morgan fingerprint density at radius 2 is 2.22 bits per heavy atom. The monoisotopic (exact) mass is 253 g/mol. The lowest BCUT2D eigenvalue weighted by molar-refractivity contribution is 0.0697. The summed E-state index contributed by atoms with van der Waals surface area (Å²) in [5, 5.41) is 25.5. The van der Waals surface area contributed by atoms with E-state index in [4.69, 9.17) is 5.11 Å². The standard InChI is InChI=1S/C12H19N3O3/c1-8-9(11(17)18)10(15(2)14-8)13-7-12(3-4-12)5-6-16/h13,16H,3-7H2,1-2H3,(H,17,18). The molecule has 0 aromatic carbocycles. The van der Waals surface area contributed by atoms with Gasteiger partial charge in [-0.05, 0) is 31.6 Å². The molecule has 3 N–H and O–H groups in total. The molecule has 0 radical (unpaired) electrons. The lowest BCUT2D eigenvalue weighted by Crippen LogP contribution is -2.19. The van der Waals surface area contributed by atoms with Gasteiger partial charge >= 0.3 is 5.97 Å². The number of anilines is 1. The van der Waals surface area contributed by atoms with Gasteiger partial charge in [0.1, 0.15) is 11.4 Å². The van der Waals surface area contributed by atoms with E-state index in [1.54, 1.807) is 18.7 Å². The van der Waals surface area contributed by atoms with E-state index in [-0.39, 0.29) is 17.6 Å². The number of hydrogen-bond donors (Lipinski definition) is 3. The van der Waals surface area contributed by atoms with Crippen molar-refractivity contribution in [1.29, 1.82) is 0 Å². The molecule has 0 bridgehead atoms. The first-order valence-electron chi connectivity index (χ1n) is 6.11. The highest BCUT2D eigenvalue weighted by molar-refractivity contribution is 5.94. The Labute approximate surface area is 106 Å². The molecule has 1 aromatic rings. The van der Waals surface area contributed by atoms with E-state index in [1.807, 2.05) is 0 Å². The number of rotatable bonds is 6. The quantitative estimate of drug-likeness (QED) is 0.704. The zero-order valence-electron chi connectivity index (χ0n) is 10.7. The summed E-state index contributed by atoms with van der Waals surface area (Å²) in [6, 6.07) is 0. The third-order valence-corrected chi connectivity index (χ3v) is 3.67. The lowest BCUT2D eigenvalue weighted by atomic mass is 10.0. The van der Waals surface area contributed by atoms with Crippen LogP contribution in [0.5, 0.6) is 0 Å². The van der Waals surface area contributed by atoms with Crippen LogP contribution in [0.1, 0.15) is 35.3 Å². The van der Waals surface area contributed by atoms with Crippen LogP contribution in [-0.4, -0.2) is 39.1 Å². The summed E-state index contributed by atoms with van der Waals surface area (Å²) in [6.07, 6.45) is 2.93. The second kappa shape index (κ2) is 4.61. The van der Waals surface area contributed by atoms with Gasteiger partial charge in [-0.25, -0.2) is 4.79 Å². The number of nitrogens with one attached hydrogen (secondary N) is 1. The predicted octanol–water partition coefficient (Wildman–Crippen LogP) is 1.00. The molecule has 6 nitrogen and oxygen atoms in total. The van der Waals surface area contributed by atoms with Crippen LogP contribution < -0.4 is 5.32 Å². The highest BCUT2D eigenvalue weighted by Crippen LogP contribution is 2.48. The van der Waals surface area contributed by atoms with Gasteiger partial charge in [-0.15, -0.1) is 0 Å². The molecule has 0 saturated heterocycles. The zero-order valence-corrected chi connectivity index (χ0v) is 10.7. The summed E-state index contributed by atoms with van der Waals surface area (Å²) in [4.78, 5) is 11.2. The van der Waals surface area contributed by atoms with Gasteiger partial charge in [0.2, 0.25) is 0 Å². The van der Waals surface area contributed by atoms with Gasteiger partial charge in [-0.2, -0.15) is 5.10 Å². The molecular formula is C12H19N3O3. The average Bonchev–Trinajstić information content (AvgIpc) is 2.97. The van der Waals surface area contributed by atoms with E-state index in [2.05, 4.69) is 10.4 Å². The number of carboxylic acids is 1. The second-order valence-corrected chi connectivity index (χ2v) is 5.06.